The molecule has 0 bridgehead atoms. The monoisotopic (exact) mass is 283 g/mol. The predicted octanol–water partition coefficient (Wildman–Crippen LogP) is 4.53. The SMILES string of the molecule is CC(NOC(C)(C)C)C(c1ccccc1)c1ccccc1. The van der Waals surface area contributed by atoms with E-state index >= 15 is 0 Å². The molecule has 0 aliphatic carbocycles. The van der Waals surface area contributed by atoms with Gasteiger partial charge in [0.05, 0.1) is 5.60 Å². The first kappa shape index (κ1) is 15.7. The summed E-state index contributed by atoms with van der Waals surface area (Å²) in [4.78, 5) is 5.77. The lowest BCUT2D eigenvalue weighted by molar-refractivity contribution is -0.0877. The van der Waals surface area contributed by atoms with Crippen LogP contribution in [0.2, 0.25) is 0 Å². The quantitative estimate of drug-likeness (QED) is 0.814. The molecule has 1 unspecified atom stereocenters. The molecule has 1 N–H and O–H groups in total. The van der Waals surface area contributed by atoms with E-state index in [1.807, 2.05) is 20.8 Å². The molecule has 0 spiro atoms. The van der Waals surface area contributed by atoms with Crippen molar-refractivity contribution in [2.45, 2.75) is 45.3 Å². The Kier molecular flexibility index (Phi) is 5.16. The van der Waals surface area contributed by atoms with Gasteiger partial charge in [-0.05, 0) is 38.8 Å². The van der Waals surface area contributed by atoms with Gasteiger partial charge in [-0.3, -0.25) is 4.84 Å². The standard InChI is InChI=1S/C19H25NO/c1-15(20-21-19(2,3)4)18(16-11-7-5-8-12-16)17-13-9-6-10-14-17/h5-15,18,20H,1-4H3. The predicted molar refractivity (Wildman–Crippen MR) is 88.2 cm³/mol. The maximum atomic E-state index is 5.77. The molecular formula is C19H25NO. The lowest BCUT2D eigenvalue weighted by Crippen LogP contribution is -2.38. The molecule has 0 aliphatic rings. The van der Waals surface area contributed by atoms with Gasteiger partial charge in [0.25, 0.3) is 0 Å². The van der Waals surface area contributed by atoms with Crippen LogP contribution < -0.4 is 5.48 Å². The molecule has 0 aliphatic heterocycles. The molecule has 0 aromatic heterocycles. The van der Waals surface area contributed by atoms with Gasteiger partial charge in [0, 0.05) is 12.0 Å². The van der Waals surface area contributed by atoms with Crippen LogP contribution in [0.15, 0.2) is 60.7 Å². The van der Waals surface area contributed by atoms with Gasteiger partial charge in [-0.25, -0.2) is 0 Å². The van der Waals surface area contributed by atoms with Gasteiger partial charge in [0.2, 0.25) is 0 Å². The molecule has 0 radical (unpaired) electrons. The molecule has 0 saturated heterocycles. The van der Waals surface area contributed by atoms with E-state index in [9.17, 15) is 0 Å². The Morgan fingerprint density at radius 2 is 1.24 bits per heavy atom. The summed E-state index contributed by atoms with van der Waals surface area (Å²) in [7, 11) is 0. The van der Waals surface area contributed by atoms with Crippen molar-refractivity contribution < 1.29 is 4.84 Å². The summed E-state index contributed by atoms with van der Waals surface area (Å²) in [6, 6.07) is 21.3. The zero-order valence-corrected chi connectivity index (χ0v) is 13.3. The smallest absolute Gasteiger partial charge is 0.0813 e. The van der Waals surface area contributed by atoms with Crippen molar-refractivity contribution in [2.24, 2.45) is 0 Å². The number of benzene rings is 2. The first-order valence-corrected chi connectivity index (χ1v) is 7.51. The Hall–Kier alpha value is -1.64. The van der Waals surface area contributed by atoms with Crippen LogP contribution >= 0.6 is 0 Å². The van der Waals surface area contributed by atoms with Crippen LogP contribution in [0.4, 0.5) is 0 Å². The Bertz CT molecular complexity index is 491. The van der Waals surface area contributed by atoms with E-state index in [1.54, 1.807) is 0 Å². The minimum atomic E-state index is -0.202. The third-order valence-corrected chi connectivity index (χ3v) is 3.37. The molecule has 1 atom stereocenters. The second-order valence-corrected chi connectivity index (χ2v) is 6.42. The minimum Gasteiger partial charge on any atom is -0.296 e. The third-order valence-electron chi connectivity index (χ3n) is 3.37. The van der Waals surface area contributed by atoms with E-state index in [-0.39, 0.29) is 17.6 Å². The van der Waals surface area contributed by atoms with Gasteiger partial charge in [-0.15, -0.1) is 0 Å². The Morgan fingerprint density at radius 1 is 0.810 bits per heavy atom. The number of hydrogen-bond acceptors (Lipinski definition) is 2. The van der Waals surface area contributed by atoms with Crippen LogP contribution in [0.1, 0.15) is 44.7 Å². The second kappa shape index (κ2) is 6.88. The van der Waals surface area contributed by atoms with Crippen molar-refractivity contribution in [1.29, 1.82) is 0 Å². The number of hydrogen-bond donors (Lipinski definition) is 1. The van der Waals surface area contributed by atoms with E-state index < -0.39 is 0 Å². The van der Waals surface area contributed by atoms with Crippen molar-refractivity contribution in [3.63, 3.8) is 0 Å². The average molecular weight is 283 g/mol. The molecule has 2 rings (SSSR count). The molecule has 0 saturated carbocycles. The topological polar surface area (TPSA) is 21.3 Å². The maximum absolute atomic E-state index is 5.77. The van der Waals surface area contributed by atoms with Gasteiger partial charge < -0.3 is 0 Å². The lowest BCUT2D eigenvalue weighted by Gasteiger charge is -2.29. The number of hydroxylamine groups is 1. The zero-order valence-electron chi connectivity index (χ0n) is 13.3. The Balaban J connectivity index is 2.25. The van der Waals surface area contributed by atoms with Crippen molar-refractivity contribution in [1.82, 2.24) is 5.48 Å². The van der Waals surface area contributed by atoms with Crippen molar-refractivity contribution in [3.05, 3.63) is 71.8 Å². The normalized spacial score (nSPS) is 13.4. The van der Waals surface area contributed by atoms with Gasteiger partial charge in [-0.1, -0.05) is 60.7 Å². The Labute approximate surface area is 128 Å². The Morgan fingerprint density at radius 3 is 1.62 bits per heavy atom. The molecule has 2 nitrogen and oxygen atoms in total. The first-order valence-electron chi connectivity index (χ1n) is 7.51. The van der Waals surface area contributed by atoms with Crippen LogP contribution in [0.25, 0.3) is 0 Å². The minimum absolute atomic E-state index is 0.175. The summed E-state index contributed by atoms with van der Waals surface area (Å²) in [6.07, 6.45) is 0. The molecule has 0 fully saturated rings. The van der Waals surface area contributed by atoms with E-state index in [1.165, 1.54) is 11.1 Å². The van der Waals surface area contributed by atoms with Crippen molar-refractivity contribution in [3.8, 4) is 0 Å². The molecule has 2 heteroatoms. The van der Waals surface area contributed by atoms with Gasteiger partial charge >= 0.3 is 0 Å². The molecule has 21 heavy (non-hydrogen) atoms. The molecule has 0 amide bonds. The highest BCUT2D eigenvalue weighted by Crippen LogP contribution is 2.28. The highest BCUT2D eigenvalue weighted by Gasteiger charge is 2.23. The van der Waals surface area contributed by atoms with Crippen LogP contribution in [-0.2, 0) is 4.84 Å². The summed E-state index contributed by atoms with van der Waals surface area (Å²) < 4.78 is 0. The van der Waals surface area contributed by atoms with Gasteiger partial charge in [0.1, 0.15) is 0 Å². The van der Waals surface area contributed by atoms with Crippen molar-refractivity contribution in [2.75, 3.05) is 0 Å². The highest BCUT2D eigenvalue weighted by atomic mass is 16.7. The number of nitrogens with one attached hydrogen (secondary N) is 1. The van der Waals surface area contributed by atoms with E-state index in [4.69, 9.17) is 4.84 Å². The summed E-state index contributed by atoms with van der Waals surface area (Å²) in [5, 5.41) is 0. The largest absolute Gasteiger partial charge is 0.296 e. The van der Waals surface area contributed by atoms with E-state index in [0.29, 0.717) is 0 Å². The van der Waals surface area contributed by atoms with Gasteiger partial charge in [0.15, 0.2) is 0 Å². The fraction of sp³-hybridized carbons (Fsp3) is 0.368. The summed E-state index contributed by atoms with van der Waals surface area (Å²) >= 11 is 0. The lowest BCUT2D eigenvalue weighted by atomic mass is 9.86. The highest BCUT2D eigenvalue weighted by molar-refractivity contribution is 5.33. The second-order valence-electron chi connectivity index (χ2n) is 6.42. The average Bonchev–Trinajstić information content (AvgIpc) is 2.47. The summed E-state index contributed by atoms with van der Waals surface area (Å²) in [5.74, 6) is 0.259. The first-order chi connectivity index (χ1) is 9.97. The molecule has 112 valence electrons. The van der Waals surface area contributed by atoms with E-state index in [2.05, 4.69) is 73.1 Å². The molecular weight excluding hydrogens is 258 g/mol. The summed E-state index contributed by atoms with van der Waals surface area (Å²) in [5.41, 5.74) is 5.60. The number of rotatable bonds is 5. The van der Waals surface area contributed by atoms with Crippen LogP contribution in [0.5, 0.6) is 0 Å². The van der Waals surface area contributed by atoms with Crippen LogP contribution in [-0.4, -0.2) is 11.6 Å². The third kappa shape index (κ3) is 4.69. The van der Waals surface area contributed by atoms with Crippen LogP contribution in [0.3, 0.4) is 0 Å². The van der Waals surface area contributed by atoms with Gasteiger partial charge in [-0.2, -0.15) is 5.48 Å². The van der Waals surface area contributed by atoms with E-state index in [0.717, 1.165) is 0 Å². The van der Waals surface area contributed by atoms with Crippen LogP contribution in [0, 0.1) is 0 Å². The fourth-order valence-corrected chi connectivity index (χ4v) is 2.43. The summed E-state index contributed by atoms with van der Waals surface area (Å²) in [6.45, 7) is 8.31. The zero-order chi connectivity index (χ0) is 15.3. The fourth-order valence-electron chi connectivity index (χ4n) is 2.43. The van der Waals surface area contributed by atoms with Crippen molar-refractivity contribution >= 4 is 0 Å². The molecule has 0 heterocycles. The maximum Gasteiger partial charge on any atom is 0.0813 e. The molecule has 2 aromatic rings. The molecule has 2 aromatic carbocycles.